The van der Waals surface area contributed by atoms with Crippen molar-refractivity contribution in [3.05, 3.63) is 22.4 Å². The molecule has 0 aliphatic carbocycles. The van der Waals surface area contributed by atoms with Gasteiger partial charge in [-0.1, -0.05) is 6.92 Å². The summed E-state index contributed by atoms with van der Waals surface area (Å²) < 4.78 is 0. The minimum absolute atomic E-state index is 0. The van der Waals surface area contributed by atoms with Gasteiger partial charge in [0, 0.05) is 36.5 Å². The van der Waals surface area contributed by atoms with E-state index in [4.69, 9.17) is 0 Å². The van der Waals surface area contributed by atoms with Crippen molar-refractivity contribution in [2.45, 2.75) is 45.1 Å². The van der Waals surface area contributed by atoms with E-state index in [-0.39, 0.29) is 24.2 Å². The first-order chi connectivity index (χ1) is 11.2. The van der Waals surface area contributed by atoms with Gasteiger partial charge >= 0.3 is 0 Å². The summed E-state index contributed by atoms with van der Waals surface area (Å²) in [5.74, 6) is 0.172. The molecule has 2 rings (SSSR count). The van der Waals surface area contributed by atoms with E-state index in [1.165, 1.54) is 11.3 Å². The Morgan fingerprint density at radius 2 is 2.12 bits per heavy atom. The maximum absolute atomic E-state index is 12.5. The van der Waals surface area contributed by atoms with Gasteiger partial charge in [-0.25, -0.2) is 0 Å². The number of thiophene rings is 1. The number of hydrogen-bond donors (Lipinski definition) is 2. The lowest BCUT2D eigenvalue weighted by Crippen LogP contribution is -2.46. The van der Waals surface area contributed by atoms with E-state index in [1.54, 1.807) is 0 Å². The molecule has 7 heteroatoms. The monoisotopic (exact) mass is 373 g/mol. The highest BCUT2D eigenvalue weighted by atomic mass is 35.5. The number of nitrogens with one attached hydrogen (secondary N) is 2. The Hall–Kier alpha value is -1.11. The van der Waals surface area contributed by atoms with Crippen LogP contribution in [-0.2, 0) is 4.79 Å². The maximum Gasteiger partial charge on any atom is 0.252 e. The van der Waals surface area contributed by atoms with Crippen molar-refractivity contribution < 1.29 is 9.59 Å². The summed E-state index contributed by atoms with van der Waals surface area (Å²) in [5.41, 5.74) is 0.698. The molecule has 1 aromatic heterocycles. The number of piperidine rings is 1. The Labute approximate surface area is 154 Å². The van der Waals surface area contributed by atoms with E-state index in [2.05, 4.69) is 22.5 Å². The summed E-state index contributed by atoms with van der Waals surface area (Å²) in [4.78, 5) is 26.4. The summed E-state index contributed by atoms with van der Waals surface area (Å²) in [5, 5.41) is 9.94. The van der Waals surface area contributed by atoms with Gasteiger partial charge in [-0.3, -0.25) is 9.59 Å². The molecule has 2 amide bonds. The van der Waals surface area contributed by atoms with E-state index in [9.17, 15) is 9.59 Å². The molecule has 0 unspecified atom stereocenters. The van der Waals surface area contributed by atoms with Crippen LogP contribution in [0.3, 0.4) is 0 Å². The molecule has 1 aliphatic rings. The standard InChI is InChI=1S/C17H27N3O2S.ClH/c1-2-11-20(15-5-9-18-10-6-15)16(21)4-3-8-19-17(22)14-7-12-23-13-14;/h7,12-13,15,18H,2-6,8-11H2,1H3,(H,19,22);1H. The summed E-state index contributed by atoms with van der Waals surface area (Å²) in [6, 6.07) is 2.19. The first kappa shape index (κ1) is 20.9. The van der Waals surface area contributed by atoms with Crippen LogP contribution in [-0.4, -0.2) is 48.9 Å². The molecule has 1 aliphatic heterocycles. The average molecular weight is 374 g/mol. The highest BCUT2D eigenvalue weighted by Gasteiger charge is 2.24. The van der Waals surface area contributed by atoms with Crippen LogP contribution in [0.25, 0.3) is 0 Å². The Morgan fingerprint density at radius 1 is 1.38 bits per heavy atom. The van der Waals surface area contributed by atoms with Crippen LogP contribution in [0.4, 0.5) is 0 Å². The van der Waals surface area contributed by atoms with Crippen molar-refractivity contribution in [2.24, 2.45) is 0 Å². The predicted octanol–water partition coefficient (Wildman–Crippen LogP) is 2.67. The van der Waals surface area contributed by atoms with Crippen LogP contribution >= 0.6 is 23.7 Å². The lowest BCUT2D eigenvalue weighted by molar-refractivity contribution is -0.134. The maximum atomic E-state index is 12.5. The largest absolute Gasteiger partial charge is 0.352 e. The molecule has 0 saturated carbocycles. The third-order valence-electron chi connectivity index (χ3n) is 4.17. The Morgan fingerprint density at radius 3 is 2.75 bits per heavy atom. The quantitative estimate of drug-likeness (QED) is 0.688. The SMILES string of the molecule is CCCN(C(=O)CCCNC(=O)c1ccsc1)C1CCNCC1.Cl. The Bertz CT molecular complexity index is 490. The van der Waals surface area contributed by atoms with Crippen LogP contribution in [0.2, 0.25) is 0 Å². The van der Waals surface area contributed by atoms with Gasteiger partial charge in [-0.15, -0.1) is 12.4 Å². The lowest BCUT2D eigenvalue weighted by atomic mass is 10.0. The van der Waals surface area contributed by atoms with Crippen LogP contribution in [0.5, 0.6) is 0 Å². The van der Waals surface area contributed by atoms with Gasteiger partial charge in [0.2, 0.25) is 5.91 Å². The van der Waals surface area contributed by atoms with Crippen molar-refractivity contribution in [3.63, 3.8) is 0 Å². The molecule has 24 heavy (non-hydrogen) atoms. The van der Waals surface area contributed by atoms with Crippen molar-refractivity contribution in [2.75, 3.05) is 26.2 Å². The fourth-order valence-corrected chi connectivity index (χ4v) is 3.59. The van der Waals surface area contributed by atoms with E-state index in [0.29, 0.717) is 31.0 Å². The second-order valence-electron chi connectivity index (χ2n) is 5.94. The molecule has 2 heterocycles. The Kier molecular flexibility index (Phi) is 9.98. The van der Waals surface area contributed by atoms with Crippen LogP contribution < -0.4 is 10.6 Å². The third kappa shape index (κ3) is 6.42. The van der Waals surface area contributed by atoms with E-state index < -0.39 is 0 Å². The van der Waals surface area contributed by atoms with Gasteiger partial charge in [-0.05, 0) is 50.2 Å². The van der Waals surface area contributed by atoms with Gasteiger partial charge in [0.1, 0.15) is 0 Å². The minimum atomic E-state index is -0.0533. The second kappa shape index (κ2) is 11.4. The predicted molar refractivity (Wildman–Crippen MR) is 101 cm³/mol. The van der Waals surface area contributed by atoms with Gasteiger partial charge in [0.05, 0.1) is 0 Å². The molecule has 2 N–H and O–H groups in total. The second-order valence-corrected chi connectivity index (χ2v) is 6.72. The van der Waals surface area contributed by atoms with Crippen LogP contribution in [0.1, 0.15) is 49.4 Å². The minimum Gasteiger partial charge on any atom is -0.352 e. The molecule has 0 atom stereocenters. The molecule has 1 fully saturated rings. The number of amides is 2. The highest BCUT2D eigenvalue weighted by molar-refractivity contribution is 7.08. The summed E-state index contributed by atoms with van der Waals surface area (Å²) in [6.07, 6.45) is 4.28. The molecule has 0 radical (unpaired) electrons. The lowest BCUT2D eigenvalue weighted by Gasteiger charge is -2.34. The van der Waals surface area contributed by atoms with Crippen molar-refractivity contribution in [1.82, 2.24) is 15.5 Å². The molecule has 5 nitrogen and oxygen atoms in total. The third-order valence-corrected chi connectivity index (χ3v) is 4.85. The Balaban J connectivity index is 0.00000288. The van der Waals surface area contributed by atoms with E-state index >= 15 is 0 Å². The fraction of sp³-hybridized carbons (Fsp3) is 0.647. The molecule has 1 saturated heterocycles. The van der Waals surface area contributed by atoms with Gasteiger partial charge < -0.3 is 15.5 Å². The van der Waals surface area contributed by atoms with E-state index in [1.807, 2.05) is 16.8 Å². The zero-order valence-corrected chi connectivity index (χ0v) is 15.9. The summed E-state index contributed by atoms with van der Waals surface area (Å²) >= 11 is 1.51. The molecular weight excluding hydrogens is 346 g/mol. The van der Waals surface area contributed by atoms with E-state index in [0.717, 1.165) is 38.9 Å². The van der Waals surface area contributed by atoms with Crippen molar-refractivity contribution in [1.29, 1.82) is 0 Å². The molecule has 0 aromatic carbocycles. The van der Waals surface area contributed by atoms with Gasteiger partial charge in [-0.2, -0.15) is 11.3 Å². The first-order valence-corrected chi connectivity index (χ1v) is 9.47. The van der Waals surface area contributed by atoms with Crippen molar-refractivity contribution >= 4 is 35.6 Å². The average Bonchev–Trinajstić information content (AvgIpc) is 3.11. The van der Waals surface area contributed by atoms with Gasteiger partial charge in [0.25, 0.3) is 5.91 Å². The molecule has 0 spiro atoms. The zero-order valence-electron chi connectivity index (χ0n) is 14.3. The number of carbonyl (C=O) groups excluding carboxylic acids is 2. The topological polar surface area (TPSA) is 61.4 Å². The number of rotatable bonds is 8. The smallest absolute Gasteiger partial charge is 0.252 e. The summed E-state index contributed by atoms with van der Waals surface area (Å²) in [7, 11) is 0. The van der Waals surface area contributed by atoms with Crippen LogP contribution in [0, 0.1) is 0 Å². The number of halogens is 1. The highest BCUT2D eigenvalue weighted by Crippen LogP contribution is 2.14. The summed E-state index contributed by atoms with van der Waals surface area (Å²) in [6.45, 7) is 5.49. The number of carbonyl (C=O) groups is 2. The normalized spacial score (nSPS) is 14.7. The zero-order chi connectivity index (χ0) is 16.5. The molecule has 0 bridgehead atoms. The van der Waals surface area contributed by atoms with Gasteiger partial charge in [0.15, 0.2) is 0 Å². The fourth-order valence-electron chi connectivity index (χ4n) is 2.95. The number of nitrogens with zero attached hydrogens (tertiary/aromatic N) is 1. The van der Waals surface area contributed by atoms with Crippen LogP contribution in [0.15, 0.2) is 16.8 Å². The molecular formula is C17H28ClN3O2S. The number of hydrogen-bond acceptors (Lipinski definition) is 4. The molecule has 136 valence electrons. The first-order valence-electron chi connectivity index (χ1n) is 8.53. The van der Waals surface area contributed by atoms with Crippen molar-refractivity contribution in [3.8, 4) is 0 Å². The molecule has 1 aromatic rings.